The summed E-state index contributed by atoms with van der Waals surface area (Å²) in [5, 5.41) is 2.26. The van der Waals surface area contributed by atoms with E-state index in [0.29, 0.717) is 5.69 Å². The fourth-order valence-corrected chi connectivity index (χ4v) is 6.52. The summed E-state index contributed by atoms with van der Waals surface area (Å²) in [5.74, 6) is -0.536. The molecule has 0 radical (unpaired) electrons. The van der Waals surface area contributed by atoms with E-state index in [1.54, 1.807) is 24.3 Å². The number of amides is 2. The Balaban J connectivity index is 1.58. The van der Waals surface area contributed by atoms with Crippen LogP contribution in [-0.2, 0) is 19.6 Å². The van der Waals surface area contributed by atoms with Crippen LogP contribution in [0.2, 0.25) is 0 Å². The van der Waals surface area contributed by atoms with E-state index in [9.17, 15) is 18.0 Å². The number of hydrogen-bond donors (Lipinski definition) is 1. The van der Waals surface area contributed by atoms with Gasteiger partial charge in [-0.2, -0.15) is 8.42 Å². The molecule has 0 bridgehead atoms. The van der Waals surface area contributed by atoms with Gasteiger partial charge in [-0.3, -0.25) is 14.5 Å². The Morgan fingerprint density at radius 2 is 1.73 bits per heavy atom. The second-order valence-electron chi connectivity index (χ2n) is 8.39. The molecule has 1 saturated heterocycles. The summed E-state index contributed by atoms with van der Waals surface area (Å²) >= 11 is 1.07. The Hall–Kier alpha value is -2.65. The zero-order valence-electron chi connectivity index (χ0n) is 18.4. The van der Waals surface area contributed by atoms with E-state index < -0.39 is 15.3 Å². The van der Waals surface area contributed by atoms with Gasteiger partial charge in [-0.1, -0.05) is 66.9 Å². The van der Waals surface area contributed by atoms with E-state index in [-0.39, 0.29) is 34.3 Å². The zero-order chi connectivity index (χ0) is 23.4. The lowest BCUT2D eigenvalue weighted by atomic mass is 9.94. The molecule has 0 spiro atoms. The smallest absolute Gasteiger partial charge is 0.284 e. The van der Waals surface area contributed by atoms with Crippen molar-refractivity contribution in [1.29, 1.82) is 0 Å². The first-order chi connectivity index (χ1) is 15.8. The van der Waals surface area contributed by atoms with Crippen LogP contribution in [-0.4, -0.2) is 41.6 Å². The summed E-state index contributed by atoms with van der Waals surface area (Å²) < 4.78 is 30.1. The van der Waals surface area contributed by atoms with Gasteiger partial charge >= 0.3 is 0 Å². The Morgan fingerprint density at radius 1 is 1.06 bits per heavy atom. The van der Waals surface area contributed by atoms with Crippen LogP contribution in [0.1, 0.15) is 44.1 Å². The third-order valence-corrected chi connectivity index (χ3v) is 8.40. The Morgan fingerprint density at radius 3 is 2.39 bits per heavy atom. The fraction of sp³-hybridized carbons (Fsp3) is 0.375. The van der Waals surface area contributed by atoms with Crippen LogP contribution in [0, 0.1) is 6.92 Å². The van der Waals surface area contributed by atoms with Crippen molar-refractivity contribution in [3.05, 3.63) is 60.2 Å². The lowest BCUT2D eigenvalue weighted by Gasteiger charge is -2.30. The first kappa shape index (κ1) is 23.5. The average Bonchev–Trinajstić information content (AvgIpc) is 3.09. The zero-order valence-corrected chi connectivity index (χ0v) is 20.1. The monoisotopic (exact) mass is 485 g/mol. The largest absolute Gasteiger partial charge is 0.326 e. The standard InChI is InChI=1S/C24H27N3O4S2/c1-17-12-14-20(15-13-17)33(30,31)26-24-27(19-10-6-3-7-11-19)23(29)21(32-24)16-22(28)25-18-8-4-2-5-9-18/h2,4-5,8-9,12-15,19,21H,3,6-7,10-11,16H2,1H3,(H,25,28)/b26-24+. The summed E-state index contributed by atoms with van der Waals surface area (Å²) in [5.41, 5.74) is 1.60. The summed E-state index contributed by atoms with van der Waals surface area (Å²) in [6.07, 6.45) is 4.62. The highest BCUT2D eigenvalue weighted by Crippen LogP contribution is 2.36. The highest BCUT2D eigenvalue weighted by Gasteiger charge is 2.43. The van der Waals surface area contributed by atoms with Gasteiger partial charge in [0.15, 0.2) is 5.17 Å². The van der Waals surface area contributed by atoms with Gasteiger partial charge in [0.2, 0.25) is 11.8 Å². The van der Waals surface area contributed by atoms with Crippen molar-refractivity contribution in [3.8, 4) is 0 Å². The fourth-order valence-electron chi connectivity index (χ4n) is 4.12. The van der Waals surface area contributed by atoms with E-state index in [1.807, 2.05) is 25.1 Å². The number of amidine groups is 1. The number of carbonyl (C=O) groups excluding carboxylic acids is 2. The second-order valence-corrected chi connectivity index (χ2v) is 11.2. The van der Waals surface area contributed by atoms with Crippen molar-refractivity contribution >= 4 is 44.5 Å². The van der Waals surface area contributed by atoms with Gasteiger partial charge in [-0.25, -0.2) is 0 Å². The molecule has 1 aliphatic heterocycles. The number of thioether (sulfide) groups is 1. The summed E-state index contributed by atoms with van der Waals surface area (Å²) in [4.78, 5) is 27.5. The summed E-state index contributed by atoms with van der Waals surface area (Å²) in [6, 6.07) is 15.4. The van der Waals surface area contributed by atoms with E-state index in [0.717, 1.165) is 49.4 Å². The van der Waals surface area contributed by atoms with Crippen molar-refractivity contribution < 1.29 is 18.0 Å². The van der Waals surface area contributed by atoms with Crippen LogP contribution in [0.5, 0.6) is 0 Å². The minimum Gasteiger partial charge on any atom is -0.326 e. The molecule has 2 aromatic carbocycles. The van der Waals surface area contributed by atoms with Gasteiger partial charge in [-0.05, 0) is 44.0 Å². The number of nitrogens with one attached hydrogen (secondary N) is 1. The van der Waals surface area contributed by atoms with Crippen molar-refractivity contribution in [2.75, 3.05) is 5.32 Å². The van der Waals surface area contributed by atoms with Gasteiger partial charge < -0.3 is 5.32 Å². The maximum absolute atomic E-state index is 13.3. The molecule has 2 fully saturated rings. The topological polar surface area (TPSA) is 95.9 Å². The van der Waals surface area contributed by atoms with Gasteiger partial charge in [0, 0.05) is 18.2 Å². The molecule has 1 unspecified atom stereocenters. The van der Waals surface area contributed by atoms with Gasteiger partial charge in [0.1, 0.15) is 5.25 Å². The van der Waals surface area contributed by atoms with Crippen LogP contribution in [0.25, 0.3) is 0 Å². The number of hydrogen-bond acceptors (Lipinski definition) is 5. The quantitative estimate of drug-likeness (QED) is 0.656. The number of anilines is 1. The SMILES string of the molecule is Cc1ccc(S(=O)(=O)/N=C2/SC(CC(=O)Nc3ccccc3)C(=O)N2C2CCCCC2)cc1. The summed E-state index contributed by atoms with van der Waals surface area (Å²) in [6.45, 7) is 1.88. The van der Waals surface area contributed by atoms with E-state index in [1.165, 1.54) is 17.0 Å². The summed E-state index contributed by atoms with van der Waals surface area (Å²) in [7, 11) is -3.98. The molecule has 1 atom stereocenters. The first-order valence-electron chi connectivity index (χ1n) is 11.1. The van der Waals surface area contributed by atoms with Gasteiger partial charge in [0.05, 0.1) is 4.90 Å². The molecule has 1 aliphatic carbocycles. The van der Waals surface area contributed by atoms with Crippen LogP contribution in [0.15, 0.2) is 63.9 Å². The number of rotatable bonds is 6. The second kappa shape index (κ2) is 10.1. The van der Waals surface area contributed by atoms with Gasteiger partial charge in [0.25, 0.3) is 10.0 Å². The number of para-hydroxylation sites is 1. The molecule has 9 heteroatoms. The molecule has 2 aromatic rings. The first-order valence-corrected chi connectivity index (χ1v) is 13.4. The molecule has 7 nitrogen and oxygen atoms in total. The van der Waals surface area contributed by atoms with Crippen molar-refractivity contribution in [2.45, 2.75) is 61.6 Å². The highest BCUT2D eigenvalue weighted by molar-refractivity contribution is 8.16. The number of nitrogens with zero attached hydrogens (tertiary/aromatic N) is 2. The lowest BCUT2D eigenvalue weighted by Crippen LogP contribution is -2.42. The predicted molar refractivity (Wildman–Crippen MR) is 131 cm³/mol. The lowest BCUT2D eigenvalue weighted by molar-refractivity contribution is -0.130. The molecule has 2 amide bonds. The van der Waals surface area contributed by atoms with Crippen LogP contribution in [0.4, 0.5) is 5.69 Å². The van der Waals surface area contributed by atoms with Crippen molar-refractivity contribution in [3.63, 3.8) is 0 Å². The van der Waals surface area contributed by atoms with Crippen LogP contribution >= 0.6 is 11.8 Å². The maximum Gasteiger partial charge on any atom is 0.284 e. The average molecular weight is 486 g/mol. The van der Waals surface area contributed by atoms with E-state index in [2.05, 4.69) is 9.71 Å². The maximum atomic E-state index is 13.3. The predicted octanol–water partition coefficient (Wildman–Crippen LogP) is 4.35. The van der Waals surface area contributed by atoms with Crippen molar-refractivity contribution in [1.82, 2.24) is 4.90 Å². The third-order valence-electron chi connectivity index (χ3n) is 5.85. The molecule has 0 aromatic heterocycles. The van der Waals surface area contributed by atoms with Crippen LogP contribution < -0.4 is 5.32 Å². The molecule has 33 heavy (non-hydrogen) atoms. The highest BCUT2D eigenvalue weighted by atomic mass is 32.2. The molecular weight excluding hydrogens is 458 g/mol. The third kappa shape index (κ3) is 5.65. The molecule has 2 aliphatic rings. The molecule has 1 heterocycles. The van der Waals surface area contributed by atoms with Crippen molar-refractivity contribution in [2.24, 2.45) is 4.40 Å². The number of aryl methyl sites for hydroxylation is 1. The molecule has 4 rings (SSSR count). The number of sulfonamides is 1. The molecule has 1 N–H and O–H groups in total. The molecule has 174 valence electrons. The normalized spacial score (nSPS) is 20.9. The Bertz CT molecular complexity index is 1140. The molecule has 1 saturated carbocycles. The molecular formula is C24H27N3O4S2. The minimum atomic E-state index is -3.98. The van der Waals surface area contributed by atoms with Crippen LogP contribution in [0.3, 0.4) is 0 Å². The van der Waals surface area contributed by atoms with E-state index in [4.69, 9.17) is 0 Å². The Labute approximate surface area is 198 Å². The Kier molecular flexibility index (Phi) is 7.19. The minimum absolute atomic E-state index is 0.0504. The van der Waals surface area contributed by atoms with E-state index >= 15 is 0 Å². The number of benzene rings is 2. The van der Waals surface area contributed by atoms with Gasteiger partial charge in [-0.15, -0.1) is 4.40 Å². The number of carbonyl (C=O) groups is 2.